The molecule has 2 heteroatoms. The van der Waals surface area contributed by atoms with Gasteiger partial charge in [0.05, 0.1) is 0 Å². The lowest BCUT2D eigenvalue weighted by Gasteiger charge is -2.28. The molecule has 1 radical (unpaired) electrons. The fourth-order valence-corrected chi connectivity index (χ4v) is 2.66. The predicted octanol–water partition coefficient (Wildman–Crippen LogP) is 3.23. The SMILES string of the molecule is Fc1cccc(CCN2CCc3cc[c]cc3C2)c1. The summed E-state index contributed by atoms with van der Waals surface area (Å²) in [6.45, 7) is 3.06. The van der Waals surface area contributed by atoms with Crippen LogP contribution in [0, 0.1) is 11.9 Å². The van der Waals surface area contributed by atoms with Crippen molar-refractivity contribution in [1.29, 1.82) is 0 Å². The number of halogens is 1. The van der Waals surface area contributed by atoms with Gasteiger partial charge in [0.1, 0.15) is 5.82 Å². The molecule has 3 rings (SSSR count). The minimum atomic E-state index is -0.143. The normalized spacial score (nSPS) is 15.2. The van der Waals surface area contributed by atoms with Gasteiger partial charge in [0.2, 0.25) is 0 Å². The van der Waals surface area contributed by atoms with Crippen LogP contribution in [0.3, 0.4) is 0 Å². The van der Waals surface area contributed by atoms with E-state index in [-0.39, 0.29) is 5.82 Å². The first-order valence-electron chi connectivity index (χ1n) is 6.76. The van der Waals surface area contributed by atoms with Gasteiger partial charge in [0.25, 0.3) is 0 Å². The quantitative estimate of drug-likeness (QED) is 0.813. The molecule has 1 aliphatic heterocycles. The van der Waals surface area contributed by atoms with Crippen molar-refractivity contribution in [3.05, 3.63) is 71.0 Å². The molecule has 1 aliphatic rings. The van der Waals surface area contributed by atoms with E-state index >= 15 is 0 Å². The van der Waals surface area contributed by atoms with Crippen molar-refractivity contribution in [2.75, 3.05) is 13.1 Å². The van der Waals surface area contributed by atoms with E-state index in [1.807, 2.05) is 12.1 Å². The fraction of sp³-hybridized carbons (Fsp3) is 0.294. The highest BCUT2D eigenvalue weighted by Gasteiger charge is 2.15. The van der Waals surface area contributed by atoms with Gasteiger partial charge in [-0.15, -0.1) is 0 Å². The molecule has 97 valence electrons. The lowest BCUT2D eigenvalue weighted by Crippen LogP contribution is -2.32. The number of hydrogen-bond donors (Lipinski definition) is 0. The number of nitrogens with zero attached hydrogens (tertiary/aromatic N) is 1. The van der Waals surface area contributed by atoms with Crippen LogP contribution < -0.4 is 0 Å². The molecule has 0 bridgehead atoms. The number of rotatable bonds is 3. The smallest absolute Gasteiger partial charge is 0.123 e. The molecule has 1 heterocycles. The first-order chi connectivity index (χ1) is 9.31. The Kier molecular flexibility index (Phi) is 3.60. The van der Waals surface area contributed by atoms with Gasteiger partial charge in [0.15, 0.2) is 0 Å². The van der Waals surface area contributed by atoms with Gasteiger partial charge >= 0.3 is 0 Å². The van der Waals surface area contributed by atoms with E-state index in [0.717, 1.165) is 38.0 Å². The third-order valence-electron chi connectivity index (χ3n) is 3.75. The maximum atomic E-state index is 13.1. The molecule has 0 amide bonds. The van der Waals surface area contributed by atoms with E-state index in [0.29, 0.717) is 0 Å². The topological polar surface area (TPSA) is 3.24 Å². The fourth-order valence-electron chi connectivity index (χ4n) is 2.66. The summed E-state index contributed by atoms with van der Waals surface area (Å²) < 4.78 is 13.1. The largest absolute Gasteiger partial charge is 0.298 e. The Morgan fingerprint density at radius 1 is 1.21 bits per heavy atom. The Morgan fingerprint density at radius 2 is 2.16 bits per heavy atom. The van der Waals surface area contributed by atoms with Crippen molar-refractivity contribution in [2.45, 2.75) is 19.4 Å². The molecule has 2 aromatic carbocycles. The van der Waals surface area contributed by atoms with Crippen molar-refractivity contribution in [2.24, 2.45) is 0 Å². The molecule has 19 heavy (non-hydrogen) atoms. The van der Waals surface area contributed by atoms with Crippen LogP contribution in [0.25, 0.3) is 0 Å². The summed E-state index contributed by atoms with van der Waals surface area (Å²) in [5, 5.41) is 0. The van der Waals surface area contributed by atoms with E-state index in [9.17, 15) is 4.39 Å². The van der Waals surface area contributed by atoms with Crippen LogP contribution in [-0.4, -0.2) is 18.0 Å². The van der Waals surface area contributed by atoms with Crippen molar-refractivity contribution < 1.29 is 4.39 Å². The molecule has 1 nitrogen and oxygen atoms in total. The average molecular weight is 254 g/mol. The second-order valence-corrected chi connectivity index (χ2v) is 5.10. The minimum absolute atomic E-state index is 0.143. The maximum Gasteiger partial charge on any atom is 0.123 e. The molecule has 0 N–H and O–H groups in total. The molecule has 0 atom stereocenters. The molecule has 2 aromatic rings. The minimum Gasteiger partial charge on any atom is -0.298 e. The Hall–Kier alpha value is -1.67. The van der Waals surface area contributed by atoms with Crippen LogP contribution >= 0.6 is 0 Å². The van der Waals surface area contributed by atoms with Gasteiger partial charge in [-0.2, -0.15) is 0 Å². The molecule has 0 unspecified atom stereocenters. The Balaban J connectivity index is 1.61. The van der Waals surface area contributed by atoms with Crippen LogP contribution in [0.2, 0.25) is 0 Å². The molecule has 0 fully saturated rings. The zero-order valence-electron chi connectivity index (χ0n) is 10.9. The van der Waals surface area contributed by atoms with Crippen molar-refractivity contribution in [3.63, 3.8) is 0 Å². The van der Waals surface area contributed by atoms with Crippen molar-refractivity contribution in [1.82, 2.24) is 4.90 Å². The molecule has 0 saturated carbocycles. The van der Waals surface area contributed by atoms with E-state index in [1.165, 1.54) is 17.2 Å². The number of fused-ring (bicyclic) bond motifs is 1. The van der Waals surface area contributed by atoms with Crippen LogP contribution in [-0.2, 0) is 19.4 Å². The van der Waals surface area contributed by atoms with E-state index in [1.54, 1.807) is 12.1 Å². The van der Waals surface area contributed by atoms with Crippen LogP contribution in [0.1, 0.15) is 16.7 Å². The standard InChI is InChI=1S/C17H17FN/c18-17-7-3-4-14(12-17)8-10-19-11-9-15-5-1-2-6-16(15)13-19/h1,3-7,12H,8-11,13H2. The first kappa shape index (κ1) is 12.4. The highest BCUT2D eigenvalue weighted by Crippen LogP contribution is 2.18. The second-order valence-electron chi connectivity index (χ2n) is 5.10. The lowest BCUT2D eigenvalue weighted by molar-refractivity contribution is 0.257. The molecule has 0 saturated heterocycles. The summed E-state index contributed by atoms with van der Waals surface area (Å²) in [4.78, 5) is 2.43. The Morgan fingerprint density at radius 3 is 3.05 bits per heavy atom. The third-order valence-corrected chi connectivity index (χ3v) is 3.75. The zero-order chi connectivity index (χ0) is 13.1. The Bertz CT molecular complexity index is 565. The first-order valence-corrected chi connectivity index (χ1v) is 6.76. The number of hydrogen-bond acceptors (Lipinski definition) is 1. The third kappa shape index (κ3) is 3.02. The van der Waals surface area contributed by atoms with E-state index in [2.05, 4.69) is 23.1 Å². The highest BCUT2D eigenvalue weighted by atomic mass is 19.1. The van der Waals surface area contributed by atoms with Gasteiger partial charge in [-0.25, -0.2) is 4.39 Å². The molecular weight excluding hydrogens is 237 g/mol. The van der Waals surface area contributed by atoms with Crippen molar-refractivity contribution in [3.8, 4) is 0 Å². The highest BCUT2D eigenvalue weighted by molar-refractivity contribution is 5.28. The van der Waals surface area contributed by atoms with Gasteiger partial charge in [-0.05, 0) is 53.8 Å². The molecule has 0 aromatic heterocycles. The van der Waals surface area contributed by atoms with Crippen LogP contribution in [0.5, 0.6) is 0 Å². The summed E-state index contributed by atoms with van der Waals surface area (Å²) in [5.74, 6) is -0.143. The lowest BCUT2D eigenvalue weighted by atomic mass is 9.99. The predicted molar refractivity (Wildman–Crippen MR) is 74.4 cm³/mol. The monoisotopic (exact) mass is 254 g/mol. The summed E-state index contributed by atoms with van der Waals surface area (Å²) >= 11 is 0. The number of benzene rings is 2. The Labute approximate surface area is 113 Å². The summed E-state index contributed by atoms with van der Waals surface area (Å²) in [5.41, 5.74) is 3.90. The molecular formula is C17H17FN. The van der Waals surface area contributed by atoms with E-state index in [4.69, 9.17) is 0 Å². The van der Waals surface area contributed by atoms with Crippen LogP contribution in [0.15, 0.2) is 42.5 Å². The molecule has 0 aliphatic carbocycles. The van der Waals surface area contributed by atoms with Crippen LogP contribution in [0.4, 0.5) is 4.39 Å². The van der Waals surface area contributed by atoms with Gasteiger partial charge in [-0.1, -0.05) is 24.3 Å². The van der Waals surface area contributed by atoms with Gasteiger partial charge < -0.3 is 0 Å². The van der Waals surface area contributed by atoms with E-state index < -0.39 is 0 Å². The van der Waals surface area contributed by atoms with Gasteiger partial charge in [-0.3, -0.25) is 4.90 Å². The average Bonchev–Trinajstić information content (AvgIpc) is 2.45. The van der Waals surface area contributed by atoms with Crippen molar-refractivity contribution >= 4 is 0 Å². The zero-order valence-corrected chi connectivity index (χ0v) is 10.9. The van der Waals surface area contributed by atoms with Gasteiger partial charge in [0, 0.05) is 19.6 Å². The second kappa shape index (κ2) is 5.54. The maximum absolute atomic E-state index is 13.1. The summed E-state index contributed by atoms with van der Waals surface area (Å²) in [6, 6.07) is 16.3. The summed E-state index contributed by atoms with van der Waals surface area (Å²) in [7, 11) is 0. The molecule has 0 spiro atoms. The summed E-state index contributed by atoms with van der Waals surface area (Å²) in [6.07, 6.45) is 2.01.